The van der Waals surface area contributed by atoms with E-state index in [-0.39, 0.29) is 6.09 Å². The highest BCUT2D eigenvalue weighted by molar-refractivity contribution is 5.92. The number of nitrogens with one attached hydrogen (secondary N) is 1. The molecular weight excluding hydrogens is 386 g/mol. The van der Waals surface area contributed by atoms with Gasteiger partial charge in [-0.3, -0.25) is 4.90 Å². The minimum Gasteiger partial charge on any atom is -0.493 e. The fraction of sp³-hybridized carbons (Fsp3) is 0.571. The molecule has 9 nitrogen and oxygen atoms in total. The Hall–Kier alpha value is -2.81. The third-order valence-electron chi connectivity index (χ3n) is 4.89. The predicted octanol–water partition coefficient (Wildman–Crippen LogP) is 2.29. The number of alkyl carbamates (subject to hydrolysis) is 1. The van der Waals surface area contributed by atoms with E-state index in [4.69, 9.17) is 14.2 Å². The van der Waals surface area contributed by atoms with Crippen LogP contribution in [0.4, 0.5) is 10.6 Å². The zero-order chi connectivity index (χ0) is 21.7. The molecule has 1 fully saturated rings. The molecular formula is C21H31N5O4. The number of piperazine rings is 1. The van der Waals surface area contributed by atoms with Gasteiger partial charge in [-0.25, -0.2) is 14.8 Å². The van der Waals surface area contributed by atoms with Crippen molar-refractivity contribution in [1.82, 2.24) is 20.2 Å². The zero-order valence-corrected chi connectivity index (χ0v) is 18.4. The molecule has 2 aromatic rings. The molecule has 9 heteroatoms. The summed E-state index contributed by atoms with van der Waals surface area (Å²) in [6.07, 6.45) is 1.21. The molecule has 164 valence electrons. The van der Waals surface area contributed by atoms with Gasteiger partial charge in [-0.1, -0.05) is 0 Å². The quantitative estimate of drug-likeness (QED) is 0.766. The molecule has 0 aliphatic carbocycles. The van der Waals surface area contributed by atoms with E-state index in [2.05, 4.69) is 25.1 Å². The van der Waals surface area contributed by atoms with Gasteiger partial charge in [-0.05, 0) is 26.8 Å². The van der Waals surface area contributed by atoms with Crippen LogP contribution < -0.4 is 19.7 Å². The monoisotopic (exact) mass is 417 g/mol. The van der Waals surface area contributed by atoms with Gasteiger partial charge in [0.25, 0.3) is 0 Å². The Morgan fingerprint density at radius 2 is 1.73 bits per heavy atom. The minimum absolute atomic E-state index is 0.377. The molecule has 1 aromatic carbocycles. The first-order chi connectivity index (χ1) is 14.3. The van der Waals surface area contributed by atoms with Gasteiger partial charge in [0.05, 0.1) is 19.7 Å². The Bertz CT molecular complexity index is 876. The summed E-state index contributed by atoms with van der Waals surface area (Å²) in [6, 6.07) is 3.80. The molecule has 0 atom stereocenters. The number of anilines is 1. The molecule has 1 aliphatic rings. The van der Waals surface area contributed by atoms with Crippen molar-refractivity contribution in [1.29, 1.82) is 0 Å². The Balaban J connectivity index is 1.59. The molecule has 1 aromatic heterocycles. The third kappa shape index (κ3) is 5.41. The summed E-state index contributed by atoms with van der Waals surface area (Å²) in [4.78, 5) is 25.3. The lowest BCUT2D eigenvalue weighted by Gasteiger charge is -2.35. The second kappa shape index (κ2) is 9.34. The molecule has 3 rings (SSSR count). The molecule has 2 heterocycles. The number of hydrogen-bond acceptors (Lipinski definition) is 8. The molecule has 0 bridgehead atoms. The number of benzene rings is 1. The van der Waals surface area contributed by atoms with Crippen molar-refractivity contribution in [3.05, 3.63) is 18.5 Å². The van der Waals surface area contributed by atoms with E-state index in [1.54, 1.807) is 20.5 Å². The number of carbonyl (C=O) groups excluding carboxylic acids is 1. The number of hydrogen-bond donors (Lipinski definition) is 1. The van der Waals surface area contributed by atoms with Gasteiger partial charge in [-0.2, -0.15) is 0 Å². The number of amides is 1. The SMILES string of the molecule is COc1cc2ncnc(N3CCN(CCNC(=O)OC(C)(C)C)CC3)c2cc1OC. The lowest BCUT2D eigenvalue weighted by Crippen LogP contribution is -2.49. The van der Waals surface area contributed by atoms with Crippen LogP contribution in [0.1, 0.15) is 20.8 Å². The van der Waals surface area contributed by atoms with Crippen LogP contribution in [0.3, 0.4) is 0 Å². The number of fused-ring (bicyclic) bond motifs is 1. The van der Waals surface area contributed by atoms with Crippen LogP contribution in [0.25, 0.3) is 10.9 Å². The van der Waals surface area contributed by atoms with Crippen molar-refractivity contribution in [2.24, 2.45) is 0 Å². The van der Waals surface area contributed by atoms with Crippen LogP contribution in [-0.4, -0.2) is 80.1 Å². The van der Waals surface area contributed by atoms with E-state index >= 15 is 0 Å². The van der Waals surface area contributed by atoms with Crippen LogP contribution in [0.2, 0.25) is 0 Å². The van der Waals surface area contributed by atoms with Crippen LogP contribution >= 0.6 is 0 Å². The van der Waals surface area contributed by atoms with E-state index < -0.39 is 5.60 Å². The molecule has 1 saturated heterocycles. The summed E-state index contributed by atoms with van der Waals surface area (Å²) in [5.41, 5.74) is 0.338. The predicted molar refractivity (Wildman–Crippen MR) is 116 cm³/mol. The summed E-state index contributed by atoms with van der Waals surface area (Å²) >= 11 is 0. The Labute approximate surface area is 177 Å². The number of aromatic nitrogens is 2. The second-order valence-corrected chi connectivity index (χ2v) is 8.18. The smallest absolute Gasteiger partial charge is 0.407 e. The van der Waals surface area contributed by atoms with Gasteiger partial charge >= 0.3 is 6.09 Å². The van der Waals surface area contributed by atoms with Crippen molar-refractivity contribution in [3.8, 4) is 11.5 Å². The van der Waals surface area contributed by atoms with Crippen LogP contribution in [0.5, 0.6) is 11.5 Å². The van der Waals surface area contributed by atoms with Crippen molar-refractivity contribution >= 4 is 22.8 Å². The number of ether oxygens (including phenoxy) is 3. The lowest BCUT2D eigenvalue weighted by molar-refractivity contribution is 0.0521. The summed E-state index contributed by atoms with van der Waals surface area (Å²) in [5, 5.41) is 3.75. The highest BCUT2D eigenvalue weighted by atomic mass is 16.6. The number of nitrogens with zero attached hydrogens (tertiary/aromatic N) is 4. The standard InChI is InChI=1S/C21H31N5O4/c1-21(2,3)30-20(27)22-6-7-25-8-10-26(11-9-25)19-15-12-17(28-4)18(29-5)13-16(15)23-14-24-19/h12-14H,6-11H2,1-5H3,(H,22,27). The normalized spacial score (nSPS) is 15.2. The summed E-state index contributed by atoms with van der Waals surface area (Å²) in [7, 11) is 3.24. The molecule has 0 spiro atoms. The first-order valence-corrected chi connectivity index (χ1v) is 10.1. The van der Waals surface area contributed by atoms with E-state index in [9.17, 15) is 4.79 Å². The topological polar surface area (TPSA) is 89.1 Å². The maximum Gasteiger partial charge on any atom is 0.407 e. The van der Waals surface area contributed by atoms with E-state index in [1.807, 2.05) is 32.9 Å². The lowest BCUT2D eigenvalue weighted by atomic mass is 10.2. The average Bonchev–Trinajstić information content (AvgIpc) is 2.71. The van der Waals surface area contributed by atoms with E-state index in [0.717, 1.165) is 49.4 Å². The highest BCUT2D eigenvalue weighted by Gasteiger charge is 2.21. The van der Waals surface area contributed by atoms with Crippen molar-refractivity contribution in [3.63, 3.8) is 0 Å². The second-order valence-electron chi connectivity index (χ2n) is 8.18. The summed E-state index contributed by atoms with van der Waals surface area (Å²) in [6.45, 7) is 10.4. The van der Waals surface area contributed by atoms with Gasteiger partial charge in [0.1, 0.15) is 17.7 Å². The number of methoxy groups -OCH3 is 2. The van der Waals surface area contributed by atoms with E-state index in [1.165, 1.54) is 0 Å². The molecule has 0 unspecified atom stereocenters. The Kier molecular flexibility index (Phi) is 6.81. The molecule has 1 N–H and O–H groups in total. The van der Waals surface area contributed by atoms with Gasteiger partial charge in [0.2, 0.25) is 0 Å². The minimum atomic E-state index is -0.483. The average molecular weight is 418 g/mol. The van der Waals surface area contributed by atoms with Crippen molar-refractivity contribution < 1.29 is 19.0 Å². The van der Waals surface area contributed by atoms with Crippen molar-refractivity contribution in [2.45, 2.75) is 26.4 Å². The van der Waals surface area contributed by atoms with Crippen LogP contribution in [0, 0.1) is 0 Å². The van der Waals surface area contributed by atoms with Crippen LogP contribution in [-0.2, 0) is 4.74 Å². The third-order valence-corrected chi connectivity index (χ3v) is 4.89. The summed E-state index contributed by atoms with van der Waals surface area (Å²) in [5.74, 6) is 2.21. The first kappa shape index (κ1) is 21.9. The number of rotatable bonds is 6. The Morgan fingerprint density at radius 3 is 2.37 bits per heavy atom. The maximum atomic E-state index is 11.8. The van der Waals surface area contributed by atoms with Gasteiger partial charge in [0, 0.05) is 50.7 Å². The van der Waals surface area contributed by atoms with E-state index in [0.29, 0.717) is 18.0 Å². The molecule has 0 radical (unpaired) electrons. The fourth-order valence-electron chi connectivity index (χ4n) is 3.43. The van der Waals surface area contributed by atoms with Crippen molar-refractivity contribution in [2.75, 3.05) is 58.4 Å². The maximum absolute atomic E-state index is 11.8. The molecule has 30 heavy (non-hydrogen) atoms. The highest BCUT2D eigenvalue weighted by Crippen LogP contribution is 2.34. The largest absolute Gasteiger partial charge is 0.493 e. The van der Waals surface area contributed by atoms with Crippen LogP contribution in [0.15, 0.2) is 18.5 Å². The summed E-state index contributed by atoms with van der Waals surface area (Å²) < 4.78 is 16.1. The zero-order valence-electron chi connectivity index (χ0n) is 18.4. The number of carbonyl (C=O) groups is 1. The molecule has 1 amide bonds. The van der Waals surface area contributed by atoms with Gasteiger partial charge < -0.3 is 24.4 Å². The Morgan fingerprint density at radius 1 is 1.07 bits per heavy atom. The first-order valence-electron chi connectivity index (χ1n) is 10.1. The van der Waals surface area contributed by atoms with Gasteiger partial charge in [0.15, 0.2) is 11.5 Å². The molecule has 1 aliphatic heterocycles. The van der Waals surface area contributed by atoms with Gasteiger partial charge in [-0.15, -0.1) is 0 Å². The fourth-order valence-corrected chi connectivity index (χ4v) is 3.43. The molecule has 0 saturated carbocycles.